The fourth-order valence-electron chi connectivity index (χ4n) is 9.11. The number of piperidine rings is 1. The standard InChI is InChI=1S/C42H38F2N6O7/c1-2-30-33(43)13-8-26-6-3-7-31(34(26)30)36-35(44)37-32(22-45-36)38(48-19-5-16-42(24-48)18-21-56-42)47-39(46-37)55-25-41-15-4-20-49(41)28(14-17-41)23-54-40(51)57-29-11-9-27(10-12-29)50(52)53/h1,3,6-13,22,28H,4-5,14-21,23-25H2/t28-,41-,42?/m0/s1. The Kier molecular flexibility index (Phi) is 9.33. The Bertz CT molecular complexity index is 2460. The van der Waals surface area contributed by atoms with Gasteiger partial charge >= 0.3 is 12.2 Å². The molecule has 0 bridgehead atoms. The Morgan fingerprint density at radius 1 is 1.05 bits per heavy atom. The van der Waals surface area contributed by atoms with Gasteiger partial charge in [0.05, 0.1) is 33.6 Å². The maximum absolute atomic E-state index is 17.0. The summed E-state index contributed by atoms with van der Waals surface area (Å²) in [6.07, 6.45) is 12.4. The first-order chi connectivity index (χ1) is 27.7. The fourth-order valence-corrected chi connectivity index (χ4v) is 9.11. The van der Waals surface area contributed by atoms with Crippen molar-refractivity contribution in [2.75, 3.05) is 44.4 Å². The summed E-state index contributed by atoms with van der Waals surface area (Å²) in [6, 6.07) is 13.2. The van der Waals surface area contributed by atoms with E-state index >= 15 is 4.39 Å². The first-order valence-corrected chi connectivity index (χ1v) is 19.1. The molecule has 0 radical (unpaired) electrons. The molecule has 4 aliphatic heterocycles. The normalized spacial score (nSPS) is 23.0. The molecule has 13 nitrogen and oxygen atoms in total. The SMILES string of the molecule is C#Cc1c(F)ccc2cccc(-c3ncc4c(N5CCCC6(CCO6)C5)nc(OC[C@@]56CCCN5[C@H](COC(=O)Oc5ccc([N+](=O)[O-])cc5)CC6)nc4c3F)c12. The molecule has 4 saturated heterocycles. The maximum atomic E-state index is 17.0. The van der Waals surface area contributed by atoms with E-state index in [9.17, 15) is 19.3 Å². The molecule has 0 saturated carbocycles. The van der Waals surface area contributed by atoms with Crippen molar-refractivity contribution in [3.05, 3.63) is 88.1 Å². The van der Waals surface area contributed by atoms with E-state index in [-0.39, 0.29) is 64.6 Å². The molecule has 57 heavy (non-hydrogen) atoms. The number of aromatic nitrogens is 3. The van der Waals surface area contributed by atoms with Gasteiger partial charge in [-0.1, -0.05) is 30.2 Å². The van der Waals surface area contributed by atoms with Gasteiger partial charge in [-0.3, -0.25) is 20.0 Å². The number of nitro benzene ring substituents is 1. The van der Waals surface area contributed by atoms with Crippen molar-refractivity contribution in [1.29, 1.82) is 0 Å². The minimum absolute atomic E-state index is 0.0172. The first-order valence-electron chi connectivity index (χ1n) is 19.1. The molecule has 0 N–H and O–H groups in total. The maximum Gasteiger partial charge on any atom is 0.513 e. The molecule has 5 aromatic rings. The van der Waals surface area contributed by atoms with E-state index in [0.717, 1.165) is 51.5 Å². The third-order valence-electron chi connectivity index (χ3n) is 12.0. The molecule has 4 fully saturated rings. The van der Waals surface area contributed by atoms with Gasteiger partial charge in [-0.05, 0) is 68.7 Å². The summed E-state index contributed by atoms with van der Waals surface area (Å²) in [6.45, 7) is 3.04. The third-order valence-corrected chi connectivity index (χ3v) is 12.0. The number of fused-ring (bicyclic) bond motifs is 3. The van der Waals surface area contributed by atoms with Gasteiger partial charge in [0, 0.05) is 54.8 Å². The van der Waals surface area contributed by atoms with E-state index in [1.807, 2.05) is 0 Å². The second-order valence-corrected chi connectivity index (χ2v) is 15.2. The number of benzene rings is 3. The van der Waals surface area contributed by atoms with Crippen molar-refractivity contribution >= 4 is 39.3 Å². The monoisotopic (exact) mass is 776 g/mol. The van der Waals surface area contributed by atoms with E-state index in [1.165, 1.54) is 30.3 Å². The summed E-state index contributed by atoms with van der Waals surface area (Å²) in [5.41, 5.74) is -0.405. The van der Waals surface area contributed by atoms with Gasteiger partial charge in [-0.25, -0.2) is 13.6 Å². The molecule has 15 heteroatoms. The lowest BCUT2D eigenvalue weighted by atomic mass is 9.86. The summed E-state index contributed by atoms with van der Waals surface area (Å²) in [5.74, 6) is 1.79. The highest BCUT2D eigenvalue weighted by atomic mass is 19.1. The van der Waals surface area contributed by atoms with Crippen LogP contribution in [-0.2, 0) is 9.47 Å². The van der Waals surface area contributed by atoms with Gasteiger partial charge in [0.1, 0.15) is 41.8 Å². The Morgan fingerprint density at radius 2 is 1.88 bits per heavy atom. The van der Waals surface area contributed by atoms with Crippen LogP contribution in [0.25, 0.3) is 32.9 Å². The number of pyridine rings is 1. The summed E-state index contributed by atoms with van der Waals surface area (Å²) >= 11 is 0. The van der Waals surface area contributed by atoms with Crippen LogP contribution in [0, 0.1) is 34.1 Å². The van der Waals surface area contributed by atoms with Crippen LogP contribution in [-0.4, -0.2) is 87.6 Å². The third kappa shape index (κ3) is 6.62. The highest BCUT2D eigenvalue weighted by Gasteiger charge is 2.50. The number of halogens is 2. The van der Waals surface area contributed by atoms with Crippen molar-refractivity contribution < 1.29 is 37.4 Å². The highest BCUT2D eigenvalue weighted by Crippen LogP contribution is 2.44. The van der Waals surface area contributed by atoms with E-state index in [1.54, 1.807) is 30.5 Å². The molecular weight excluding hydrogens is 738 g/mol. The minimum atomic E-state index is -0.902. The molecule has 2 aromatic heterocycles. The van der Waals surface area contributed by atoms with Crippen LogP contribution in [0.3, 0.4) is 0 Å². The minimum Gasteiger partial charge on any atom is -0.461 e. The van der Waals surface area contributed by atoms with Crippen LogP contribution in [0.2, 0.25) is 0 Å². The molecule has 6 heterocycles. The van der Waals surface area contributed by atoms with Gasteiger partial charge in [0.15, 0.2) is 5.82 Å². The molecule has 0 aliphatic carbocycles. The average molecular weight is 777 g/mol. The number of hydrogen-bond acceptors (Lipinski definition) is 12. The summed E-state index contributed by atoms with van der Waals surface area (Å²) in [7, 11) is 0. The molecule has 4 aliphatic rings. The van der Waals surface area contributed by atoms with Crippen LogP contribution in [0.1, 0.15) is 50.5 Å². The molecule has 1 spiro atoms. The topological polar surface area (TPSA) is 142 Å². The van der Waals surface area contributed by atoms with Crippen molar-refractivity contribution in [3.8, 4) is 35.4 Å². The van der Waals surface area contributed by atoms with Crippen molar-refractivity contribution in [1.82, 2.24) is 19.9 Å². The van der Waals surface area contributed by atoms with Crippen molar-refractivity contribution in [3.63, 3.8) is 0 Å². The quantitative estimate of drug-likeness (QED) is 0.0485. The summed E-state index contributed by atoms with van der Waals surface area (Å²) in [4.78, 5) is 41.5. The van der Waals surface area contributed by atoms with Crippen molar-refractivity contribution in [2.45, 2.75) is 62.1 Å². The predicted molar refractivity (Wildman–Crippen MR) is 205 cm³/mol. The molecular formula is C42H38F2N6O7. The van der Waals surface area contributed by atoms with Crippen LogP contribution in [0.15, 0.2) is 60.8 Å². The number of anilines is 1. The Hall–Kier alpha value is -5.98. The number of nitrogens with zero attached hydrogens (tertiary/aromatic N) is 6. The summed E-state index contributed by atoms with van der Waals surface area (Å²) in [5, 5.41) is 12.4. The van der Waals surface area contributed by atoms with Crippen LogP contribution in [0.4, 0.5) is 25.1 Å². The smallest absolute Gasteiger partial charge is 0.461 e. The number of ether oxygens (including phenoxy) is 4. The molecule has 9 rings (SSSR count). The fraction of sp³-hybridized carbons (Fsp3) is 0.381. The molecule has 3 aromatic carbocycles. The lowest BCUT2D eigenvalue weighted by Gasteiger charge is -2.48. The number of carbonyl (C=O) groups is 1. The molecule has 3 atom stereocenters. The molecule has 292 valence electrons. The van der Waals surface area contributed by atoms with Crippen LogP contribution >= 0.6 is 0 Å². The second-order valence-electron chi connectivity index (χ2n) is 15.2. The number of nitro groups is 1. The largest absolute Gasteiger partial charge is 0.513 e. The predicted octanol–water partition coefficient (Wildman–Crippen LogP) is 7.36. The van der Waals surface area contributed by atoms with Gasteiger partial charge < -0.3 is 23.8 Å². The van der Waals surface area contributed by atoms with Gasteiger partial charge in [0.25, 0.3) is 5.69 Å². The number of terminal acetylenes is 1. The average Bonchev–Trinajstić information content (AvgIpc) is 3.78. The first kappa shape index (κ1) is 36.6. The second kappa shape index (κ2) is 14.5. The number of hydrogen-bond donors (Lipinski definition) is 0. The van der Waals surface area contributed by atoms with Crippen LogP contribution in [0.5, 0.6) is 11.8 Å². The Labute approximate surface area is 326 Å². The van der Waals surface area contributed by atoms with E-state index < -0.39 is 22.7 Å². The Morgan fingerprint density at radius 3 is 2.65 bits per heavy atom. The zero-order chi connectivity index (χ0) is 39.3. The molecule has 0 amide bonds. The lowest BCUT2D eigenvalue weighted by Crippen LogP contribution is -2.56. The van der Waals surface area contributed by atoms with E-state index in [2.05, 4.69) is 25.7 Å². The van der Waals surface area contributed by atoms with Gasteiger partial charge in [0.2, 0.25) is 0 Å². The van der Waals surface area contributed by atoms with Gasteiger partial charge in [-0.2, -0.15) is 9.97 Å². The number of carbonyl (C=O) groups excluding carboxylic acids is 1. The Balaban J connectivity index is 0.996. The number of non-ortho nitro benzene ring substituents is 1. The van der Waals surface area contributed by atoms with Gasteiger partial charge in [-0.15, -0.1) is 6.42 Å². The van der Waals surface area contributed by atoms with E-state index in [0.29, 0.717) is 47.2 Å². The number of rotatable bonds is 9. The zero-order valence-electron chi connectivity index (χ0n) is 30.9. The van der Waals surface area contributed by atoms with Crippen molar-refractivity contribution in [2.24, 2.45) is 0 Å². The van der Waals surface area contributed by atoms with E-state index in [4.69, 9.17) is 30.4 Å². The summed E-state index contributed by atoms with van der Waals surface area (Å²) < 4.78 is 55.2. The lowest BCUT2D eigenvalue weighted by molar-refractivity contribution is -0.384. The van der Waals surface area contributed by atoms with Crippen LogP contribution < -0.4 is 14.4 Å². The molecule has 1 unspecified atom stereocenters. The zero-order valence-corrected chi connectivity index (χ0v) is 30.9. The highest BCUT2D eigenvalue weighted by molar-refractivity contribution is 6.02.